The predicted octanol–water partition coefficient (Wildman–Crippen LogP) is 2.39. The molecule has 1 aliphatic rings. The van der Waals surface area contributed by atoms with Crippen LogP contribution in [0.25, 0.3) is 0 Å². The average Bonchev–Trinajstić information content (AvgIpc) is 3.16. The molecule has 1 unspecified atom stereocenters. The number of para-hydroxylation sites is 1. The van der Waals surface area contributed by atoms with Crippen molar-refractivity contribution in [3.63, 3.8) is 0 Å². The summed E-state index contributed by atoms with van der Waals surface area (Å²) in [6.45, 7) is 0.772. The van der Waals surface area contributed by atoms with Gasteiger partial charge in [0, 0.05) is 17.4 Å². The highest BCUT2D eigenvalue weighted by Crippen LogP contribution is 2.18. The van der Waals surface area contributed by atoms with Crippen LogP contribution in [0.15, 0.2) is 54.6 Å². The smallest absolute Gasteiger partial charge is 0.262 e. The molecule has 3 N–H and O–H groups in total. The summed E-state index contributed by atoms with van der Waals surface area (Å²) in [5, 5.41) is 8.78. The van der Waals surface area contributed by atoms with E-state index >= 15 is 0 Å². The van der Waals surface area contributed by atoms with Gasteiger partial charge in [-0.1, -0.05) is 24.3 Å². The molecule has 130 valence electrons. The summed E-state index contributed by atoms with van der Waals surface area (Å²) in [4.78, 5) is 24.0. The monoisotopic (exact) mass is 339 g/mol. The molecule has 1 saturated heterocycles. The van der Waals surface area contributed by atoms with Gasteiger partial charge >= 0.3 is 0 Å². The third kappa shape index (κ3) is 5.06. The van der Waals surface area contributed by atoms with Crippen LogP contribution >= 0.6 is 0 Å². The topological polar surface area (TPSA) is 79.5 Å². The van der Waals surface area contributed by atoms with Crippen LogP contribution in [-0.2, 0) is 9.59 Å². The number of hydrogen-bond acceptors (Lipinski definition) is 4. The number of benzene rings is 2. The summed E-state index contributed by atoms with van der Waals surface area (Å²) in [5.74, 6) is 0.243. The Labute approximate surface area is 146 Å². The summed E-state index contributed by atoms with van der Waals surface area (Å²) >= 11 is 0. The van der Waals surface area contributed by atoms with Gasteiger partial charge in [-0.3, -0.25) is 9.59 Å². The molecule has 2 aromatic carbocycles. The van der Waals surface area contributed by atoms with Gasteiger partial charge in [0.15, 0.2) is 6.61 Å². The normalized spacial score (nSPS) is 16.2. The molecule has 1 heterocycles. The van der Waals surface area contributed by atoms with Crippen molar-refractivity contribution in [3.05, 3.63) is 54.6 Å². The average molecular weight is 339 g/mol. The molecule has 0 spiro atoms. The maximum Gasteiger partial charge on any atom is 0.262 e. The Morgan fingerprint density at radius 3 is 2.60 bits per heavy atom. The van der Waals surface area contributed by atoms with E-state index in [4.69, 9.17) is 4.74 Å². The molecule has 1 fully saturated rings. The zero-order valence-electron chi connectivity index (χ0n) is 13.8. The quantitative estimate of drug-likeness (QED) is 0.755. The molecule has 0 aromatic heterocycles. The fourth-order valence-corrected chi connectivity index (χ4v) is 2.67. The number of ether oxygens (including phenoxy) is 1. The van der Waals surface area contributed by atoms with E-state index in [-0.39, 0.29) is 24.5 Å². The van der Waals surface area contributed by atoms with Crippen LogP contribution in [0, 0.1) is 0 Å². The van der Waals surface area contributed by atoms with Gasteiger partial charge in [0.05, 0.1) is 6.04 Å². The number of carbonyl (C=O) groups is 2. The Bertz CT molecular complexity index is 728. The molecule has 2 amide bonds. The summed E-state index contributed by atoms with van der Waals surface area (Å²) in [6.07, 6.45) is 1.86. The van der Waals surface area contributed by atoms with Gasteiger partial charge in [-0.2, -0.15) is 0 Å². The van der Waals surface area contributed by atoms with Crippen molar-refractivity contribution in [1.82, 2.24) is 5.32 Å². The largest absolute Gasteiger partial charge is 0.484 e. The van der Waals surface area contributed by atoms with E-state index in [1.54, 1.807) is 24.3 Å². The first-order valence-electron chi connectivity index (χ1n) is 8.33. The molecular formula is C19H21N3O3. The van der Waals surface area contributed by atoms with Crippen molar-refractivity contribution < 1.29 is 14.3 Å². The molecule has 25 heavy (non-hydrogen) atoms. The number of amides is 2. The van der Waals surface area contributed by atoms with Crippen LogP contribution in [0.2, 0.25) is 0 Å². The Balaban J connectivity index is 1.51. The molecule has 0 radical (unpaired) electrons. The Hall–Kier alpha value is -2.86. The number of hydrogen-bond donors (Lipinski definition) is 3. The second kappa shape index (κ2) is 8.30. The molecule has 1 aliphatic heterocycles. The summed E-state index contributed by atoms with van der Waals surface area (Å²) in [5.41, 5.74) is 1.38. The van der Waals surface area contributed by atoms with Gasteiger partial charge in [-0.25, -0.2) is 0 Å². The van der Waals surface area contributed by atoms with Crippen molar-refractivity contribution in [2.24, 2.45) is 0 Å². The highest BCUT2D eigenvalue weighted by Gasteiger charge is 2.21. The molecule has 0 saturated carbocycles. The first-order chi connectivity index (χ1) is 12.2. The zero-order valence-corrected chi connectivity index (χ0v) is 13.8. The molecule has 2 aromatic rings. The summed E-state index contributed by atoms with van der Waals surface area (Å²) in [7, 11) is 0. The minimum Gasteiger partial charge on any atom is -0.484 e. The van der Waals surface area contributed by atoms with E-state index in [9.17, 15) is 9.59 Å². The third-order valence-electron chi connectivity index (χ3n) is 3.91. The Kier molecular flexibility index (Phi) is 5.64. The van der Waals surface area contributed by atoms with Crippen molar-refractivity contribution in [2.45, 2.75) is 18.9 Å². The van der Waals surface area contributed by atoms with Crippen LogP contribution in [0.5, 0.6) is 5.75 Å². The van der Waals surface area contributed by atoms with E-state index in [1.165, 1.54) is 0 Å². The van der Waals surface area contributed by atoms with Crippen LogP contribution in [-0.4, -0.2) is 31.0 Å². The van der Waals surface area contributed by atoms with Crippen molar-refractivity contribution in [1.29, 1.82) is 0 Å². The predicted molar refractivity (Wildman–Crippen MR) is 96.7 cm³/mol. The number of nitrogens with one attached hydrogen (secondary N) is 3. The molecule has 6 heteroatoms. The van der Waals surface area contributed by atoms with Crippen LogP contribution in [0.3, 0.4) is 0 Å². The highest BCUT2D eigenvalue weighted by molar-refractivity contribution is 5.95. The van der Waals surface area contributed by atoms with E-state index < -0.39 is 0 Å². The molecule has 3 rings (SSSR count). The van der Waals surface area contributed by atoms with Gasteiger partial charge in [-0.15, -0.1) is 0 Å². The van der Waals surface area contributed by atoms with Crippen molar-refractivity contribution in [2.75, 3.05) is 23.8 Å². The molecular weight excluding hydrogens is 318 g/mol. The number of anilines is 2. The lowest BCUT2D eigenvalue weighted by Crippen LogP contribution is -2.35. The highest BCUT2D eigenvalue weighted by atomic mass is 16.5. The van der Waals surface area contributed by atoms with Gasteiger partial charge in [0.1, 0.15) is 5.75 Å². The van der Waals surface area contributed by atoms with Crippen LogP contribution < -0.4 is 20.7 Å². The molecule has 0 aliphatic carbocycles. The lowest BCUT2D eigenvalue weighted by molar-refractivity contribution is -0.118. The number of rotatable bonds is 6. The van der Waals surface area contributed by atoms with Crippen molar-refractivity contribution >= 4 is 23.2 Å². The van der Waals surface area contributed by atoms with E-state index in [2.05, 4.69) is 16.0 Å². The lowest BCUT2D eigenvalue weighted by atomic mass is 10.2. The zero-order chi connectivity index (χ0) is 17.5. The minimum absolute atomic E-state index is 0.0449. The van der Waals surface area contributed by atoms with Crippen LogP contribution in [0.4, 0.5) is 11.4 Å². The van der Waals surface area contributed by atoms with Gasteiger partial charge in [-0.05, 0) is 43.7 Å². The molecule has 0 bridgehead atoms. The summed E-state index contributed by atoms with van der Waals surface area (Å²) in [6, 6.07) is 16.1. The maximum absolute atomic E-state index is 12.1. The SMILES string of the molecule is O=C(COc1cccc(NC(=O)C2CCCN2)c1)Nc1ccccc1. The second-order valence-corrected chi connectivity index (χ2v) is 5.87. The van der Waals surface area contributed by atoms with Gasteiger partial charge in [0.25, 0.3) is 5.91 Å². The van der Waals surface area contributed by atoms with Crippen molar-refractivity contribution in [3.8, 4) is 5.75 Å². The minimum atomic E-state index is -0.240. The second-order valence-electron chi connectivity index (χ2n) is 5.87. The Morgan fingerprint density at radius 2 is 1.84 bits per heavy atom. The first-order valence-corrected chi connectivity index (χ1v) is 8.33. The third-order valence-corrected chi connectivity index (χ3v) is 3.91. The fourth-order valence-electron chi connectivity index (χ4n) is 2.67. The number of carbonyl (C=O) groups excluding carboxylic acids is 2. The standard InChI is InChI=1S/C19H21N3O3/c23-18(21-14-6-2-1-3-7-14)13-25-16-9-4-8-15(12-16)22-19(24)17-10-5-11-20-17/h1-4,6-9,12,17,20H,5,10-11,13H2,(H,21,23)(H,22,24). The van der Waals surface area contributed by atoms with Gasteiger partial charge in [0.2, 0.25) is 5.91 Å². The maximum atomic E-state index is 12.1. The summed E-state index contributed by atoms with van der Waals surface area (Å²) < 4.78 is 5.51. The lowest BCUT2D eigenvalue weighted by Gasteiger charge is -2.12. The molecule has 1 atom stereocenters. The van der Waals surface area contributed by atoms with Gasteiger partial charge < -0.3 is 20.7 Å². The fraction of sp³-hybridized carbons (Fsp3) is 0.263. The molecule has 6 nitrogen and oxygen atoms in total. The first kappa shape index (κ1) is 17.0. The van der Waals surface area contributed by atoms with E-state index in [1.807, 2.05) is 30.3 Å². The van der Waals surface area contributed by atoms with E-state index in [0.717, 1.165) is 25.1 Å². The van der Waals surface area contributed by atoms with Crippen LogP contribution in [0.1, 0.15) is 12.8 Å². The van der Waals surface area contributed by atoms with E-state index in [0.29, 0.717) is 11.4 Å². The Morgan fingerprint density at radius 1 is 1.04 bits per heavy atom.